The smallest absolute Gasteiger partial charge is 0.298 e. The van der Waals surface area contributed by atoms with Crippen molar-refractivity contribution in [2.75, 3.05) is 0 Å². The Balaban J connectivity index is 2.21. The Kier molecular flexibility index (Phi) is 3.68. The highest BCUT2D eigenvalue weighted by atomic mass is 79.9. The summed E-state index contributed by atoms with van der Waals surface area (Å²) >= 11 is 4.43. The number of halogens is 2. The van der Waals surface area contributed by atoms with Crippen LogP contribution in [0.1, 0.15) is 26.6 Å². The molecule has 0 amide bonds. The maximum Gasteiger partial charge on any atom is 0.298 e. The molecule has 2 rings (SSSR count). The maximum absolute atomic E-state index is 12.9. The van der Waals surface area contributed by atoms with Gasteiger partial charge in [0.25, 0.3) is 5.19 Å². The van der Waals surface area contributed by atoms with E-state index in [4.69, 9.17) is 4.74 Å². The first-order valence-electron chi connectivity index (χ1n) is 5.33. The van der Waals surface area contributed by atoms with E-state index < -0.39 is 0 Å². The standard InChI is InChI=1S/C12H12BrFN2OS/c1-12(2,3)10-15-11(18-16-10)17-9-5-4-7(14)6-8(9)13/h4-6H,1-3H3. The largest absolute Gasteiger partial charge is 0.429 e. The van der Waals surface area contributed by atoms with Crippen molar-refractivity contribution in [3.8, 4) is 10.9 Å². The van der Waals surface area contributed by atoms with Gasteiger partial charge in [-0.25, -0.2) is 4.39 Å². The van der Waals surface area contributed by atoms with Crippen LogP contribution < -0.4 is 4.74 Å². The van der Waals surface area contributed by atoms with Gasteiger partial charge in [-0.3, -0.25) is 0 Å². The van der Waals surface area contributed by atoms with Crippen molar-refractivity contribution in [3.63, 3.8) is 0 Å². The van der Waals surface area contributed by atoms with Gasteiger partial charge in [0.1, 0.15) is 11.6 Å². The number of aromatic nitrogens is 2. The summed E-state index contributed by atoms with van der Waals surface area (Å²) in [6, 6.07) is 4.24. The molecule has 0 atom stereocenters. The van der Waals surface area contributed by atoms with Crippen molar-refractivity contribution in [2.24, 2.45) is 0 Å². The number of hydrogen-bond donors (Lipinski definition) is 0. The van der Waals surface area contributed by atoms with Crippen molar-refractivity contribution >= 4 is 27.5 Å². The molecular weight excluding hydrogens is 319 g/mol. The Hall–Kier alpha value is -1.01. The average Bonchev–Trinajstić information content (AvgIpc) is 2.70. The monoisotopic (exact) mass is 330 g/mol. The molecule has 1 aromatic carbocycles. The van der Waals surface area contributed by atoms with Crippen LogP contribution in [-0.2, 0) is 5.41 Å². The highest BCUT2D eigenvalue weighted by Crippen LogP contribution is 2.32. The normalized spacial score (nSPS) is 11.6. The summed E-state index contributed by atoms with van der Waals surface area (Å²) in [5.41, 5.74) is -0.113. The van der Waals surface area contributed by atoms with Gasteiger partial charge in [-0.1, -0.05) is 20.8 Å². The van der Waals surface area contributed by atoms with Crippen LogP contribution >= 0.6 is 27.5 Å². The van der Waals surface area contributed by atoms with Crippen LogP contribution in [0.3, 0.4) is 0 Å². The first-order chi connectivity index (χ1) is 8.36. The molecule has 0 unspecified atom stereocenters. The third-order valence-corrected chi connectivity index (χ3v) is 3.38. The first-order valence-corrected chi connectivity index (χ1v) is 6.90. The molecule has 3 nitrogen and oxygen atoms in total. The minimum atomic E-state index is -0.318. The molecule has 18 heavy (non-hydrogen) atoms. The van der Waals surface area contributed by atoms with E-state index in [1.165, 1.54) is 23.7 Å². The zero-order valence-electron chi connectivity index (χ0n) is 10.2. The van der Waals surface area contributed by atoms with Crippen LogP contribution in [0.4, 0.5) is 4.39 Å². The van der Waals surface area contributed by atoms with E-state index in [9.17, 15) is 4.39 Å². The van der Waals surface area contributed by atoms with Crippen LogP contribution in [0.5, 0.6) is 10.9 Å². The van der Waals surface area contributed by atoms with Gasteiger partial charge in [-0.15, -0.1) is 0 Å². The highest BCUT2D eigenvalue weighted by Gasteiger charge is 2.20. The Morgan fingerprint density at radius 2 is 2.06 bits per heavy atom. The minimum absolute atomic E-state index is 0.113. The zero-order valence-corrected chi connectivity index (χ0v) is 12.6. The fourth-order valence-electron chi connectivity index (χ4n) is 1.21. The van der Waals surface area contributed by atoms with Crippen molar-refractivity contribution in [2.45, 2.75) is 26.2 Å². The van der Waals surface area contributed by atoms with Crippen LogP contribution in [0, 0.1) is 5.82 Å². The van der Waals surface area contributed by atoms with Gasteiger partial charge in [0.05, 0.1) is 4.47 Å². The molecule has 96 valence electrons. The van der Waals surface area contributed by atoms with Crippen molar-refractivity contribution in [1.29, 1.82) is 0 Å². The van der Waals surface area contributed by atoms with Crippen molar-refractivity contribution in [1.82, 2.24) is 9.36 Å². The van der Waals surface area contributed by atoms with Gasteiger partial charge in [0.15, 0.2) is 5.82 Å². The lowest BCUT2D eigenvalue weighted by Crippen LogP contribution is -2.12. The number of benzene rings is 1. The van der Waals surface area contributed by atoms with Crippen LogP contribution in [0.25, 0.3) is 0 Å². The molecule has 0 saturated heterocycles. The quantitative estimate of drug-likeness (QED) is 0.811. The summed E-state index contributed by atoms with van der Waals surface area (Å²) in [7, 11) is 0. The van der Waals surface area contributed by atoms with Crippen LogP contribution in [-0.4, -0.2) is 9.36 Å². The summed E-state index contributed by atoms with van der Waals surface area (Å²) < 4.78 is 23.3. The maximum atomic E-state index is 12.9. The summed E-state index contributed by atoms with van der Waals surface area (Å²) in [6.07, 6.45) is 0. The third kappa shape index (κ3) is 3.05. The molecule has 0 saturated carbocycles. The second kappa shape index (κ2) is 4.93. The molecule has 0 N–H and O–H groups in total. The molecule has 6 heteroatoms. The van der Waals surface area contributed by atoms with Gasteiger partial charge < -0.3 is 4.74 Å². The van der Waals surface area contributed by atoms with Crippen molar-refractivity contribution < 1.29 is 9.13 Å². The molecular formula is C12H12BrFN2OS. The number of rotatable bonds is 2. The number of hydrogen-bond acceptors (Lipinski definition) is 4. The topological polar surface area (TPSA) is 35.0 Å². The molecule has 2 aromatic rings. The number of ether oxygens (including phenoxy) is 1. The lowest BCUT2D eigenvalue weighted by molar-refractivity contribution is 0.463. The highest BCUT2D eigenvalue weighted by molar-refractivity contribution is 9.10. The predicted molar refractivity (Wildman–Crippen MR) is 72.8 cm³/mol. The second-order valence-corrected chi connectivity index (χ2v) is 6.38. The third-order valence-electron chi connectivity index (χ3n) is 2.17. The average molecular weight is 331 g/mol. The van der Waals surface area contributed by atoms with Crippen molar-refractivity contribution in [3.05, 3.63) is 34.3 Å². The van der Waals surface area contributed by atoms with Crippen LogP contribution in [0.2, 0.25) is 0 Å². The molecule has 0 fully saturated rings. The van der Waals surface area contributed by atoms with E-state index in [0.717, 1.165) is 5.82 Å². The first kappa shape index (κ1) is 13.4. The van der Waals surface area contributed by atoms with E-state index >= 15 is 0 Å². The Morgan fingerprint density at radius 3 is 2.61 bits per heavy atom. The number of nitrogens with zero attached hydrogens (tertiary/aromatic N) is 2. The fourth-order valence-corrected chi connectivity index (χ4v) is 2.37. The molecule has 0 aliphatic carbocycles. The lowest BCUT2D eigenvalue weighted by atomic mass is 9.96. The molecule has 0 spiro atoms. The zero-order chi connectivity index (χ0) is 13.3. The Labute approximate surface area is 117 Å². The summed E-state index contributed by atoms with van der Waals surface area (Å²) in [5.74, 6) is 0.940. The van der Waals surface area contributed by atoms with E-state index in [-0.39, 0.29) is 11.2 Å². The van der Waals surface area contributed by atoms with E-state index in [1.54, 1.807) is 6.07 Å². The molecule has 0 aliphatic rings. The molecule has 1 aromatic heterocycles. The summed E-state index contributed by atoms with van der Waals surface area (Å²) in [6.45, 7) is 6.10. The minimum Gasteiger partial charge on any atom is -0.429 e. The predicted octanol–water partition coefficient (Wildman–Crippen LogP) is 4.53. The van der Waals surface area contributed by atoms with Gasteiger partial charge in [0, 0.05) is 16.9 Å². The second-order valence-electron chi connectivity index (χ2n) is 4.81. The van der Waals surface area contributed by atoms with E-state index in [2.05, 4.69) is 25.3 Å². The van der Waals surface area contributed by atoms with E-state index in [0.29, 0.717) is 15.4 Å². The Bertz CT molecular complexity index is 565. The summed E-state index contributed by atoms with van der Waals surface area (Å²) in [5, 5.41) is 0.451. The van der Waals surface area contributed by atoms with Gasteiger partial charge in [-0.05, 0) is 34.1 Å². The molecule has 0 radical (unpaired) electrons. The van der Waals surface area contributed by atoms with Gasteiger partial charge in [-0.2, -0.15) is 9.36 Å². The molecule has 0 aliphatic heterocycles. The Morgan fingerprint density at radius 1 is 1.33 bits per heavy atom. The summed E-state index contributed by atoms with van der Waals surface area (Å²) in [4.78, 5) is 4.31. The van der Waals surface area contributed by atoms with E-state index in [1.807, 2.05) is 20.8 Å². The molecule has 1 heterocycles. The van der Waals surface area contributed by atoms with Gasteiger partial charge >= 0.3 is 0 Å². The lowest BCUT2D eigenvalue weighted by Gasteiger charge is -2.12. The SMILES string of the molecule is CC(C)(C)c1nsc(Oc2ccc(F)cc2Br)n1. The van der Waals surface area contributed by atoms with Crippen LogP contribution in [0.15, 0.2) is 22.7 Å². The molecule has 0 bridgehead atoms. The van der Waals surface area contributed by atoms with Gasteiger partial charge in [0.2, 0.25) is 0 Å². The fraction of sp³-hybridized carbons (Fsp3) is 0.333.